The van der Waals surface area contributed by atoms with E-state index in [0.29, 0.717) is 12.2 Å². The molecule has 0 radical (unpaired) electrons. The van der Waals surface area contributed by atoms with Crippen LogP contribution in [0.5, 0.6) is 0 Å². The van der Waals surface area contributed by atoms with E-state index in [0.717, 1.165) is 0 Å². The van der Waals surface area contributed by atoms with Crippen molar-refractivity contribution < 1.29 is 14.0 Å². The van der Waals surface area contributed by atoms with Crippen molar-refractivity contribution in [3.8, 4) is 0 Å². The summed E-state index contributed by atoms with van der Waals surface area (Å²) in [5.74, 6) is 0.196. The first-order valence-electron chi connectivity index (χ1n) is 12.6. The van der Waals surface area contributed by atoms with Gasteiger partial charge in [0.1, 0.15) is 0 Å². The van der Waals surface area contributed by atoms with Gasteiger partial charge in [-0.25, -0.2) is 0 Å². The fourth-order valence-corrected chi connectivity index (χ4v) is 4.52. The van der Waals surface area contributed by atoms with Crippen LogP contribution in [0.1, 0.15) is 62.3 Å². The van der Waals surface area contributed by atoms with Crippen LogP contribution in [0.3, 0.4) is 0 Å². The van der Waals surface area contributed by atoms with Crippen LogP contribution >= 0.6 is 0 Å². The summed E-state index contributed by atoms with van der Waals surface area (Å²) in [6.07, 6.45) is 18.2. The van der Waals surface area contributed by atoms with Crippen LogP contribution in [0.25, 0.3) is 0 Å². The standard InChI is InChI=1S/C30H51NO3Si/c1-13-24(3)28(34-35(11,12)30(7,8)9)26(5)21-23(2)19-17-15-14-16-18-20-25(4)29(32)31-27(6)22-33-10/h13-21,26-28H,22H2,1-12H3,(H,31,32)/b15-14+,18-16+,19-17+,23-21+,24-13+,25-20+/t26-,27+,28+/m1/s1. The van der Waals surface area contributed by atoms with Gasteiger partial charge in [0.2, 0.25) is 5.91 Å². The van der Waals surface area contributed by atoms with E-state index in [1.807, 2.05) is 43.4 Å². The highest BCUT2D eigenvalue weighted by molar-refractivity contribution is 6.74. The van der Waals surface area contributed by atoms with Crippen LogP contribution in [0.4, 0.5) is 0 Å². The van der Waals surface area contributed by atoms with Gasteiger partial charge in [0.05, 0.1) is 12.7 Å². The Morgan fingerprint density at radius 2 is 1.57 bits per heavy atom. The molecular weight excluding hydrogens is 450 g/mol. The molecule has 0 saturated heterocycles. The molecule has 1 amide bonds. The zero-order chi connectivity index (χ0) is 27.2. The molecule has 0 aliphatic heterocycles. The Labute approximate surface area is 217 Å². The van der Waals surface area contributed by atoms with E-state index in [2.05, 4.69) is 85.1 Å². The molecule has 0 saturated carbocycles. The molecule has 0 aliphatic carbocycles. The molecule has 3 atom stereocenters. The van der Waals surface area contributed by atoms with Crippen LogP contribution in [0.2, 0.25) is 18.1 Å². The lowest BCUT2D eigenvalue weighted by Gasteiger charge is -2.41. The predicted molar refractivity (Wildman–Crippen MR) is 155 cm³/mol. The Hall–Kier alpha value is -1.95. The lowest BCUT2D eigenvalue weighted by molar-refractivity contribution is -0.118. The Balaban J connectivity index is 5.09. The van der Waals surface area contributed by atoms with Crippen molar-refractivity contribution in [2.45, 2.75) is 92.6 Å². The molecule has 0 aromatic heterocycles. The van der Waals surface area contributed by atoms with Crippen LogP contribution in [-0.4, -0.2) is 40.1 Å². The average Bonchev–Trinajstić information content (AvgIpc) is 2.75. The summed E-state index contributed by atoms with van der Waals surface area (Å²) in [5.41, 5.74) is 3.15. The number of hydrogen-bond donors (Lipinski definition) is 1. The van der Waals surface area contributed by atoms with Crippen molar-refractivity contribution in [2.75, 3.05) is 13.7 Å². The Morgan fingerprint density at radius 1 is 1.00 bits per heavy atom. The van der Waals surface area contributed by atoms with Crippen molar-refractivity contribution >= 4 is 14.2 Å². The Morgan fingerprint density at radius 3 is 2.11 bits per heavy atom. The van der Waals surface area contributed by atoms with E-state index in [1.54, 1.807) is 14.0 Å². The molecule has 35 heavy (non-hydrogen) atoms. The summed E-state index contributed by atoms with van der Waals surface area (Å²) in [5, 5.41) is 3.07. The molecule has 0 spiro atoms. The van der Waals surface area contributed by atoms with Crippen molar-refractivity contribution in [2.24, 2.45) is 5.92 Å². The monoisotopic (exact) mass is 501 g/mol. The second kappa shape index (κ2) is 15.9. The summed E-state index contributed by atoms with van der Waals surface area (Å²) in [6.45, 7) is 24.3. The number of nitrogens with one attached hydrogen (secondary N) is 1. The molecule has 198 valence electrons. The maximum atomic E-state index is 12.1. The van der Waals surface area contributed by atoms with Gasteiger partial charge < -0.3 is 14.5 Å². The van der Waals surface area contributed by atoms with Crippen molar-refractivity contribution in [1.82, 2.24) is 5.32 Å². The summed E-state index contributed by atoms with van der Waals surface area (Å²) in [6, 6.07) is -0.0142. The third-order valence-corrected chi connectivity index (χ3v) is 10.9. The van der Waals surface area contributed by atoms with Gasteiger partial charge >= 0.3 is 0 Å². The van der Waals surface area contributed by atoms with Gasteiger partial charge in [0, 0.05) is 24.6 Å². The lowest BCUT2D eigenvalue weighted by atomic mass is 9.96. The number of allylic oxidation sites excluding steroid dienone is 9. The molecule has 0 fully saturated rings. The van der Waals surface area contributed by atoms with Crippen LogP contribution < -0.4 is 5.32 Å². The summed E-state index contributed by atoms with van der Waals surface area (Å²) >= 11 is 0. The van der Waals surface area contributed by atoms with Crippen molar-refractivity contribution in [3.63, 3.8) is 0 Å². The fraction of sp³-hybridized carbons (Fsp3) is 0.567. The maximum absolute atomic E-state index is 12.1. The van der Waals surface area contributed by atoms with Crippen LogP contribution in [0, 0.1) is 5.92 Å². The van der Waals surface area contributed by atoms with E-state index in [9.17, 15) is 4.79 Å². The van der Waals surface area contributed by atoms with E-state index in [1.165, 1.54) is 11.1 Å². The molecule has 0 heterocycles. The van der Waals surface area contributed by atoms with E-state index in [-0.39, 0.29) is 29.0 Å². The molecule has 0 unspecified atom stereocenters. The first kappa shape index (κ1) is 33.0. The third kappa shape index (κ3) is 13.1. The van der Waals surface area contributed by atoms with Gasteiger partial charge in [0.15, 0.2) is 8.32 Å². The van der Waals surface area contributed by atoms with E-state index < -0.39 is 8.32 Å². The molecular formula is C30H51NO3Si. The van der Waals surface area contributed by atoms with Gasteiger partial charge in [-0.15, -0.1) is 0 Å². The first-order chi connectivity index (χ1) is 16.2. The van der Waals surface area contributed by atoms with Crippen LogP contribution in [0.15, 0.2) is 71.4 Å². The normalized spacial score (nSPS) is 17.4. The fourth-order valence-electron chi connectivity index (χ4n) is 3.14. The second-order valence-electron chi connectivity index (χ2n) is 10.9. The Kier molecular flexibility index (Phi) is 15.0. The van der Waals surface area contributed by atoms with Gasteiger partial charge in [-0.3, -0.25) is 4.79 Å². The SMILES string of the molecule is C/C=C(\C)[C@H](O[Si](C)(C)C(C)(C)C)[C@H](C)/C=C(C)/C=C/C=C/C=C/C=C(\C)C(=O)N[C@@H](C)COC. The van der Waals surface area contributed by atoms with Crippen LogP contribution in [-0.2, 0) is 14.0 Å². The minimum absolute atomic E-state index is 0.0142. The summed E-state index contributed by atoms with van der Waals surface area (Å²) in [4.78, 5) is 12.1. The Bertz CT molecular complexity index is 838. The third-order valence-electron chi connectivity index (χ3n) is 6.44. The molecule has 4 nitrogen and oxygen atoms in total. The van der Waals surface area contributed by atoms with Gasteiger partial charge in [0.25, 0.3) is 0 Å². The van der Waals surface area contributed by atoms with E-state index in [4.69, 9.17) is 9.16 Å². The predicted octanol–water partition coefficient (Wildman–Crippen LogP) is 7.69. The topological polar surface area (TPSA) is 47.6 Å². The highest BCUT2D eigenvalue weighted by Gasteiger charge is 2.40. The minimum Gasteiger partial charge on any atom is -0.410 e. The van der Waals surface area contributed by atoms with Gasteiger partial charge in [-0.1, -0.05) is 88.0 Å². The molecule has 0 aromatic rings. The zero-order valence-corrected chi connectivity index (χ0v) is 25.4. The maximum Gasteiger partial charge on any atom is 0.247 e. The highest BCUT2D eigenvalue weighted by atomic mass is 28.4. The van der Waals surface area contributed by atoms with Crippen molar-refractivity contribution in [1.29, 1.82) is 0 Å². The molecule has 0 bridgehead atoms. The number of carbonyl (C=O) groups is 1. The van der Waals surface area contributed by atoms with Crippen molar-refractivity contribution in [3.05, 3.63) is 71.4 Å². The number of hydrogen-bond acceptors (Lipinski definition) is 3. The molecule has 0 aromatic carbocycles. The number of methoxy groups -OCH3 is 1. The van der Waals surface area contributed by atoms with E-state index >= 15 is 0 Å². The van der Waals surface area contributed by atoms with Gasteiger partial charge in [-0.2, -0.15) is 0 Å². The smallest absolute Gasteiger partial charge is 0.247 e. The van der Waals surface area contributed by atoms with Gasteiger partial charge in [-0.05, 0) is 58.3 Å². The largest absolute Gasteiger partial charge is 0.410 e. The summed E-state index contributed by atoms with van der Waals surface area (Å²) < 4.78 is 11.8. The molecule has 5 heteroatoms. The highest BCUT2D eigenvalue weighted by Crippen LogP contribution is 2.39. The second-order valence-corrected chi connectivity index (χ2v) is 15.7. The molecule has 1 N–H and O–H groups in total. The molecule has 0 rings (SSSR count). The average molecular weight is 502 g/mol. The first-order valence-corrected chi connectivity index (χ1v) is 15.5. The molecule has 0 aliphatic rings. The number of amides is 1. The summed E-state index contributed by atoms with van der Waals surface area (Å²) in [7, 11) is -0.251. The number of rotatable bonds is 13. The number of ether oxygens (including phenoxy) is 1. The number of carbonyl (C=O) groups excluding carboxylic acids is 1. The quantitative estimate of drug-likeness (QED) is 0.122. The minimum atomic E-state index is -1.87. The lowest BCUT2D eigenvalue weighted by Crippen LogP contribution is -2.45. The zero-order valence-electron chi connectivity index (χ0n) is 24.4.